The highest BCUT2D eigenvalue weighted by atomic mass is 32.2. The summed E-state index contributed by atoms with van der Waals surface area (Å²) in [6.07, 6.45) is 0. The van der Waals surface area contributed by atoms with E-state index in [1.54, 1.807) is 0 Å². The molecule has 2 aliphatic rings. The lowest BCUT2D eigenvalue weighted by molar-refractivity contribution is -0.135. The molecule has 0 N–H and O–H groups in total. The van der Waals surface area contributed by atoms with Crippen molar-refractivity contribution in [3.63, 3.8) is 0 Å². The number of thioether (sulfide) groups is 2. The van der Waals surface area contributed by atoms with Crippen molar-refractivity contribution in [1.29, 1.82) is 0 Å². The highest BCUT2D eigenvalue weighted by Crippen LogP contribution is 2.46. The van der Waals surface area contributed by atoms with Gasteiger partial charge in [-0.2, -0.15) is 0 Å². The Morgan fingerprint density at radius 2 is 1.39 bits per heavy atom. The normalized spacial score (nSPS) is 16.1. The summed E-state index contributed by atoms with van der Waals surface area (Å²) in [5.74, 6) is 3.57. The van der Waals surface area contributed by atoms with Gasteiger partial charge in [-0.3, -0.25) is 4.79 Å². The standard InChI is InChI=1S/C23H18O3S2/c24-22(25-16-11-9-15(10-12-16)23-27-13-14-28-23)21-17-5-1-3-7-19(17)26-20-8-4-2-6-18(20)21/h1-12,21,23H,13-14H2. The molecule has 5 rings (SSSR count). The average molecular weight is 407 g/mol. The van der Waals surface area contributed by atoms with Crippen LogP contribution in [0.2, 0.25) is 0 Å². The fourth-order valence-corrected chi connectivity index (χ4v) is 6.44. The molecule has 0 saturated carbocycles. The lowest BCUT2D eigenvalue weighted by atomic mass is 9.88. The first-order chi connectivity index (χ1) is 13.8. The number of benzene rings is 3. The number of rotatable bonds is 3. The van der Waals surface area contributed by atoms with Crippen LogP contribution in [0.15, 0.2) is 72.8 Å². The predicted octanol–water partition coefficient (Wildman–Crippen LogP) is 6.01. The van der Waals surface area contributed by atoms with Crippen molar-refractivity contribution < 1.29 is 14.3 Å². The van der Waals surface area contributed by atoms with Crippen molar-refractivity contribution in [3.05, 3.63) is 89.5 Å². The molecule has 0 spiro atoms. The van der Waals surface area contributed by atoms with E-state index in [1.807, 2.05) is 84.2 Å². The molecular weight excluding hydrogens is 388 g/mol. The molecule has 0 amide bonds. The summed E-state index contributed by atoms with van der Waals surface area (Å²) in [7, 11) is 0. The fourth-order valence-electron chi connectivity index (χ4n) is 3.58. The average Bonchev–Trinajstić information content (AvgIpc) is 3.27. The quantitative estimate of drug-likeness (QED) is 0.393. The van der Waals surface area contributed by atoms with Gasteiger partial charge in [0.15, 0.2) is 0 Å². The third-order valence-corrected chi connectivity index (χ3v) is 8.01. The number of fused-ring (bicyclic) bond motifs is 2. The van der Waals surface area contributed by atoms with E-state index in [4.69, 9.17) is 9.47 Å². The van der Waals surface area contributed by atoms with E-state index in [1.165, 1.54) is 17.1 Å². The monoisotopic (exact) mass is 406 g/mol. The van der Waals surface area contributed by atoms with Crippen molar-refractivity contribution in [2.75, 3.05) is 11.5 Å². The van der Waals surface area contributed by atoms with Gasteiger partial charge in [-0.15, -0.1) is 23.5 Å². The molecule has 0 atom stereocenters. The summed E-state index contributed by atoms with van der Waals surface area (Å²) < 4.78 is 12.2. The summed E-state index contributed by atoms with van der Waals surface area (Å²) in [5.41, 5.74) is 2.94. The second kappa shape index (κ2) is 7.57. The molecule has 5 heteroatoms. The van der Waals surface area contributed by atoms with Gasteiger partial charge in [-0.1, -0.05) is 48.5 Å². The zero-order chi connectivity index (χ0) is 18.9. The predicted molar refractivity (Wildman–Crippen MR) is 115 cm³/mol. The molecule has 2 aliphatic heterocycles. The number of carbonyl (C=O) groups is 1. The van der Waals surface area contributed by atoms with Gasteiger partial charge in [-0.25, -0.2) is 0 Å². The molecule has 1 fully saturated rings. The van der Waals surface area contributed by atoms with Gasteiger partial charge in [0.1, 0.15) is 23.2 Å². The molecule has 0 unspecified atom stereocenters. The Labute approximate surface area is 172 Å². The van der Waals surface area contributed by atoms with Crippen LogP contribution in [0.4, 0.5) is 0 Å². The third-order valence-electron chi connectivity index (χ3n) is 4.91. The van der Waals surface area contributed by atoms with Crippen LogP contribution in [0.3, 0.4) is 0 Å². The number of para-hydroxylation sites is 2. The first-order valence-corrected chi connectivity index (χ1v) is 11.3. The molecule has 0 radical (unpaired) electrons. The Hall–Kier alpha value is -2.37. The van der Waals surface area contributed by atoms with Crippen LogP contribution in [-0.4, -0.2) is 17.5 Å². The minimum absolute atomic E-state index is 0.291. The van der Waals surface area contributed by atoms with Crippen LogP contribution >= 0.6 is 23.5 Å². The smallest absolute Gasteiger partial charge is 0.323 e. The van der Waals surface area contributed by atoms with E-state index in [-0.39, 0.29) is 5.97 Å². The largest absolute Gasteiger partial charge is 0.457 e. The molecule has 28 heavy (non-hydrogen) atoms. The molecule has 0 aromatic heterocycles. The van der Waals surface area contributed by atoms with E-state index in [9.17, 15) is 4.79 Å². The minimum atomic E-state index is -0.498. The van der Waals surface area contributed by atoms with Crippen molar-refractivity contribution in [2.45, 2.75) is 10.5 Å². The number of carbonyl (C=O) groups excluding carboxylic acids is 1. The van der Waals surface area contributed by atoms with Crippen LogP contribution in [0.25, 0.3) is 0 Å². The van der Waals surface area contributed by atoms with Gasteiger partial charge in [0.2, 0.25) is 0 Å². The molecule has 140 valence electrons. The van der Waals surface area contributed by atoms with Gasteiger partial charge in [0.25, 0.3) is 0 Å². The molecule has 3 aromatic rings. The van der Waals surface area contributed by atoms with Crippen LogP contribution in [0.5, 0.6) is 17.2 Å². The van der Waals surface area contributed by atoms with E-state index in [2.05, 4.69) is 12.1 Å². The van der Waals surface area contributed by atoms with Gasteiger partial charge in [0, 0.05) is 22.6 Å². The maximum Gasteiger partial charge on any atom is 0.323 e. The van der Waals surface area contributed by atoms with E-state index < -0.39 is 5.92 Å². The van der Waals surface area contributed by atoms with Gasteiger partial charge < -0.3 is 9.47 Å². The Morgan fingerprint density at radius 1 is 0.821 bits per heavy atom. The second-order valence-electron chi connectivity index (χ2n) is 6.67. The summed E-state index contributed by atoms with van der Waals surface area (Å²) >= 11 is 3.93. The van der Waals surface area contributed by atoms with Gasteiger partial charge in [-0.05, 0) is 29.8 Å². The van der Waals surface area contributed by atoms with Crippen molar-refractivity contribution in [1.82, 2.24) is 0 Å². The number of hydrogen-bond donors (Lipinski definition) is 0. The molecule has 3 nitrogen and oxygen atoms in total. The summed E-state index contributed by atoms with van der Waals surface area (Å²) in [6.45, 7) is 0. The molecule has 0 aliphatic carbocycles. The topological polar surface area (TPSA) is 35.5 Å². The molecule has 2 heterocycles. The Morgan fingerprint density at radius 3 is 2.00 bits per heavy atom. The lowest BCUT2D eigenvalue weighted by Crippen LogP contribution is -2.23. The maximum absolute atomic E-state index is 13.1. The zero-order valence-corrected chi connectivity index (χ0v) is 16.7. The SMILES string of the molecule is O=C(Oc1ccc(C2SCCS2)cc1)C1c2ccccc2Oc2ccccc21. The highest BCUT2D eigenvalue weighted by molar-refractivity contribution is 8.19. The number of ether oxygens (including phenoxy) is 2. The molecule has 1 saturated heterocycles. The first kappa shape index (κ1) is 17.7. The fraction of sp³-hybridized carbons (Fsp3) is 0.174. The van der Waals surface area contributed by atoms with E-state index in [0.717, 1.165) is 11.1 Å². The van der Waals surface area contributed by atoms with Crippen LogP contribution < -0.4 is 9.47 Å². The summed E-state index contributed by atoms with van der Waals surface area (Å²) in [4.78, 5) is 13.1. The van der Waals surface area contributed by atoms with Crippen molar-refractivity contribution in [3.8, 4) is 17.2 Å². The van der Waals surface area contributed by atoms with Crippen molar-refractivity contribution >= 4 is 29.5 Å². The number of esters is 1. The summed E-state index contributed by atoms with van der Waals surface area (Å²) in [6, 6.07) is 23.2. The number of hydrogen-bond acceptors (Lipinski definition) is 5. The minimum Gasteiger partial charge on any atom is -0.457 e. The highest BCUT2D eigenvalue weighted by Gasteiger charge is 2.34. The van der Waals surface area contributed by atoms with Crippen molar-refractivity contribution in [2.24, 2.45) is 0 Å². The van der Waals surface area contributed by atoms with Gasteiger partial charge >= 0.3 is 5.97 Å². The van der Waals surface area contributed by atoms with E-state index in [0.29, 0.717) is 21.8 Å². The summed E-state index contributed by atoms with van der Waals surface area (Å²) in [5, 5.41) is 0. The molecule has 3 aromatic carbocycles. The third kappa shape index (κ3) is 3.29. The van der Waals surface area contributed by atoms with Gasteiger partial charge in [0.05, 0.1) is 4.58 Å². The molecule has 0 bridgehead atoms. The van der Waals surface area contributed by atoms with Crippen LogP contribution in [-0.2, 0) is 4.79 Å². The Kier molecular flexibility index (Phi) is 4.79. The van der Waals surface area contributed by atoms with Crippen LogP contribution in [0, 0.1) is 0 Å². The Bertz CT molecular complexity index is 965. The lowest BCUT2D eigenvalue weighted by Gasteiger charge is -2.26. The second-order valence-corrected chi connectivity index (χ2v) is 9.40. The first-order valence-electron chi connectivity index (χ1n) is 9.20. The molecular formula is C23H18O3S2. The van der Waals surface area contributed by atoms with E-state index >= 15 is 0 Å². The van der Waals surface area contributed by atoms with Crippen LogP contribution in [0.1, 0.15) is 27.2 Å². The zero-order valence-electron chi connectivity index (χ0n) is 15.0. The Balaban J connectivity index is 1.42. The maximum atomic E-state index is 13.1.